The lowest BCUT2D eigenvalue weighted by Crippen LogP contribution is -2.50. The van der Waals surface area contributed by atoms with Gasteiger partial charge in [0.25, 0.3) is 0 Å². The van der Waals surface area contributed by atoms with Crippen LogP contribution in [0, 0.1) is 12.7 Å². The molecule has 8 heteroatoms. The fourth-order valence-electron chi connectivity index (χ4n) is 4.21. The Morgan fingerprint density at radius 1 is 1.19 bits per heavy atom. The molecule has 1 N–H and O–H groups in total. The minimum Gasteiger partial charge on any atom is -0.354 e. The van der Waals surface area contributed by atoms with Gasteiger partial charge in [-0.05, 0) is 59.7 Å². The van der Waals surface area contributed by atoms with E-state index in [0.717, 1.165) is 43.3 Å². The molecule has 1 saturated heterocycles. The number of carbonyl (C=O) groups is 1. The molecule has 2 heterocycles. The number of benzene rings is 1. The van der Waals surface area contributed by atoms with E-state index >= 15 is 0 Å². The number of hydrogen-bond donors (Lipinski definition) is 1. The van der Waals surface area contributed by atoms with Crippen molar-refractivity contribution in [2.75, 3.05) is 37.6 Å². The zero-order valence-corrected chi connectivity index (χ0v) is 20.2. The van der Waals surface area contributed by atoms with Gasteiger partial charge in [0.1, 0.15) is 11.6 Å². The lowest BCUT2D eigenvalue weighted by molar-refractivity contribution is 0.180. The van der Waals surface area contributed by atoms with Crippen molar-refractivity contribution in [1.82, 2.24) is 24.9 Å². The molecular weight excluding hydrogens is 407 g/mol. The van der Waals surface area contributed by atoms with E-state index in [9.17, 15) is 9.18 Å². The Bertz CT molecular complexity index is 917. The average Bonchev–Trinajstić information content (AvgIpc) is 3.08. The number of piperazine rings is 1. The second-order valence-corrected chi connectivity index (χ2v) is 8.95. The Kier molecular flexibility index (Phi) is 7.77. The molecule has 1 aliphatic rings. The number of rotatable bonds is 7. The Balaban J connectivity index is 2.03. The summed E-state index contributed by atoms with van der Waals surface area (Å²) in [6.45, 7) is 17.0. The number of hydrogen-bond acceptors (Lipinski definition) is 4. The minimum atomic E-state index is -0.293. The molecule has 0 unspecified atom stereocenters. The monoisotopic (exact) mass is 444 g/mol. The van der Waals surface area contributed by atoms with Gasteiger partial charge in [-0.1, -0.05) is 6.07 Å². The van der Waals surface area contributed by atoms with Crippen LogP contribution in [-0.4, -0.2) is 70.4 Å². The van der Waals surface area contributed by atoms with Crippen LogP contribution < -0.4 is 10.2 Å². The van der Waals surface area contributed by atoms with E-state index < -0.39 is 0 Å². The first-order valence-electron chi connectivity index (χ1n) is 11.6. The molecule has 0 bridgehead atoms. The van der Waals surface area contributed by atoms with Gasteiger partial charge in [0.15, 0.2) is 0 Å². The molecule has 3 rings (SSSR count). The SMILES string of the molecule is CCNC(=O)N(Cc1c(C)nn(-c2cccc(F)c2)c1N1CCN(C(C)C)CC1)C(C)C. The van der Waals surface area contributed by atoms with Crippen LogP contribution in [0.15, 0.2) is 24.3 Å². The van der Waals surface area contributed by atoms with Crippen molar-refractivity contribution in [3.8, 4) is 5.69 Å². The van der Waals surface area contributed by atoms with Crippen LogP contribution in [0.3, 0.4) is 0 Å². The fraction of sp³-hybridized carbons (Fsp3) is 0.583. The van der Waals surface area contributed by atoms with Crippen molar-refractivity contribution in [1.29, 1.82) is 0 Å². The minimum absolute atomic E-state index is 0.0316. The van der Waals surface area contributed by atoms with Crippen LogP contribution in [0.1, 0.15) is 45.9 Å². The Morgan fingerprint density at radius 2 is 1.88 bits per heavy atom. The van der Waals surface area contributed by atoms with E-state index in [-0.39, 0.29) is 17.9 Å². The number of halogens is 1. The summed E-state index contributed by atoms with van der Waals surface area (Å²) in [6.07, 6.45) is 0. The molecular formula is C24H37FN6O. The van der Waals surface area contributed by atoms with E-state index in [1.165, 1.54) is 12.1 Å². The molecule has 0 atom stereocenters. The third-order valence-electron chi connectivity index (χ3n) is 6.09. The van der Waals surface area contributed by atoms with Crippen LogP contribution >= 0.6 is 0 Å². The van der Waals surface area contributed by atoms with Gasteiger partial charge < -0.3 is 15.1 Å². The number of carbonyl (C=O) groups excluding carboxylic acids is 1. The van der Waals surface area contributed by atoms with Gasteiger partial charge in [0.2, 0.25) is 0 Å². The summed E-state index contributed by atoms with van der Waals surface area (Å²) >= 11 is 0. The molecule has 1 aromatic carbocycles. The molecule has 7 nitrogen and oxygen atoms in total. The molecule has 2 aromatic rings. The Hall–Kier alpha value is -2.61. The van der Waals surface area contributed by atoms with Crippen LogP contribution in [0.4, 0.5) is 15.0 Å². The summed E-state index contributed by atoms with van der Waals surface area (Å²) in [5.74, 6) is 0.658. The van der Waals surface area contributed by atoms with E-state index in [1.54, 1.807) is 6.07 Å². The summed E-state index contributed by atoms with van der Waals surface area (Å²) in [5, 5.41) is 7.73. The number of aromatic nitrogens is 2. The second-order valence-electron chi connectivity index (χ2n) is 8.95. The van der Waals surface area contributed by atoms with Crippen molar-refractivity contribution < 1.29 is 9.18 Å². The van der Waals surface area contributed by atoms with Gasteiger partial charge in [-0.2, -0.15) is 5.10 Å². The zero-order chi connectivity index (χ0) is 23.4. The molecule has 32 heavy (non-hydrogen) atoms. The highest BCUT2D eigenvalue weighted by atomic mass is 19.1. The van der Waals surface area contributed by atoms with Gasteiger partial charge >= 0.3 is 6.03 Å². The fourth-order valence-corrected chi connectivity index (χ4v) is 4.21. The Labute approximate surface area is 191 Å². The number of amides is 2. The van der Waals surface area contributed by atoms with Crippen molar-refractivity contribution >= 4 is 11.8 Å². The maximum Gasteiger partial charge on any atom is 0.317 e. The topological polar surface area (TPSA) is 56.6 Å². The van der Waals surface area contributed by atoms with E-state index in [0.29, 0.717) is 24.8 Å². The number of aryl methyl sites for hydroxylation is 1. The van der Waals surface area contributed by atoms with E-state index in [4.69, 9.17) is 5.10 Å². The lowest BCUT2D eigenvalue weighted by Gasteiger charge is -2.39. The number of urea groups is 1. The molecule has 176 valence electrons. The molecule has 0 aliphatic carbocycles. The van der Waals surface area contributed by atoms with Crippen LogP contribution in [0.25, 0.3) is 5.69 Å². The summed E-state index contributed by atoms with van der Waals surface area (Å²) in [6, 6.07) is 6.97. The first kappa shape index (κ1) is 24.0. The van der Waals surface area contributed by atoms with Gasteiger partial charge in [0, 0.05) is 50.4 Å². The highest BCUT2D eigenvalue weighted by Gasteiger charge is 2.29. The van der Waals surface area contributed by atoms with Gasteiger partial charge in [-0.3, -0.25) is 4.90 Å². The third kappa shape index (κ3) is 5.23. The van der Waals surface area contributed by atoms with E-state index in [1.807, 2.05) is 43.3 Å². The standard InChI is InChI=1S/C24H37FN6O/c1-7-26-24(32)30(18(4)5)16-22-19(6)27-31(21-10-8-9-20(25)15-21)23(22)29-13-11-28(12-14-29)17(2)3/h8-10,15,17-18H,7,11-14,16H2,1-6H3,(H,26,32). The predicted molar refractivity (Wildman–Crippen MR) is 127 cm³/mol. The third-order valence-corrected chi connectivity index (χ3v) is 6.09. The molecule has 1 aromatic heterocycles. The predicted octanol–water partition coefficient (Wildman–Crippen LogP) is 3.79. The van der Waals surface area contributed by atoms with Crippen molar-refractivity contribution in [2.45, 2.75) is 60.2 Å². The van der Waals surface area contributed by atoms with Gasteiger partial charge in [-0.15, -0.1) is 0 Å². The van der Waals surface area contributed by atoms with Crippen molar-refractivity contribution in [3.05, 3.63) is 41.3 Å². The summed E-state index contributed by atoms with van der Waals surface area (Å²) in [5.41, 5.74) is 2.55. The van der Waals surface area contributed by atoms with Crippen molar-refractivity contribution in [3.63, 3.8) is 0 Å². The number of nitrogens with zero attached hydrogens (tertiary/aromatic N) is 5. The molecule has 0 spiro atoms. The normalized spacial score (nSPS) is 15.0. The highest BCUT2D eigenvalue weighted by molar-refractivity contribution is 5.75. The maximum atomic E-state index is 14.1. The first-order valence-corrected chi connectivity index (χ1v) is 11.6. The molecule has 2 amide bonds. The highest BCUT2D eigenvalue weighted by Crippen LogP contribution is 2.30. The molecule has 0 radical (unpaired) electrons. The largest absolute Gasteiger partial charge is 0.354 e. The second kappa shape index (κ2) is 10.3. The van der Waals surface area contributed by atoms with Crippen LogP contribution in [0.2, 0.25) is 0 Å². The van der Waals surface area contributed by atoms with Crippen LogP contribution in [-0.2, 0) is 6.54 Å². The summed E-state index contributed by atoms with van der Waals surface area (Å²) in [7, 11) is 0. The lowest BCUT2D eigenvalue weighted by atomic mass is 10.1. The summed E-state index contributed by atoms with van der Waals surface area (Å²) in [4.78, 5) is 19.4. The maximum absolute atomic E-state index is 14.1. The quantitative estimate of drug-likeness (QED) is 0.706. The number of anilines is 1. The molecule has 1 fully saturated rings. The molecule has 0 saturated carbocycles. The van der Waals surface area contributed by atoms with E-state index in [2.05, 4.69) is 29.0 Å². The van der Waals surface area contributed by atoms with Gasteiger partial charge in [0.05, 0.1) is 17.9 Å². The van der Waals surface area contributed by atoms with Crippen molar-refractivity contribution in [2.24, 2.45) is 0 Å². The Morgan fingerprint density at radius 3 is 2.44 bits per heavy atom. The summed E-state index contributed by atoms with van der Waals surface area (Å²) < 4.78 is 15.9. The van der Waals surface area contributed by atoms with Crippen LogP contribution in [0.5, 0.6) is 0 Å². The molecule has 1 aliphatic heterocycles. The van der Waals surface area contributed by atoms with Gasteiger partial charge in [-0.25, -0.2) is 13.9 Å². The number of nitrogens with one attached hydrogen (secondary N) is 1. The smallest absolute Gasteiger partial charge is 0.317 e. The zero-order valence-electron chi connectivity index (χ0n) is 20.2. The average molecular weight is 445 g/mol. The first-order chi connectivity index (χ1) is 15.2.